The first-order chi connectivity index (χ1) is 14.8. The SMILES string of the molecule is Nc1ccc2c(c1-c1ccc(-c3cccc4ccccc34)cc1)Cc1ccccc1-2. The van der Waals surface area contributed by atoms with E-state index in [0.29, 0.717) is 0 Å². The number of hydrogen-bond acceptors (Lipinski definition) is 1. The molecule has 5 aromatic rings. The van der Waals surface area contributed by atoms with Crippen molar-refractivity contribution in [1.29, 1.82) is 0 Å². The molecule has 0 amide bonds. The van der Waals surface area contributed by atoms with Crippen molar-refractivity contribution in [1.82, 2.24) is 0 Å². The van der Waals surface area contributed by atoms with Crippen molar-refractivity contribution in [2.45, 2.75) is 6.42 Å². The minimum atomic E-state index is 0.847. The van der Waals surface area contributed by atoms with Crippen LogP contribution in [-0.2, 0) is 6.42 Å². The molecule has 0 aliphatic heterocycles. The van der Waals surface area contributed by atoms with Crippen molar-refractivity contribution < 1.29 is 0 Å². The normalized spacial score (nSPS) is 12.0. The Morgan fingerprint density at radius 2 is 1.23 bits per heavy atom. The van der Waals surface area contributed by atoms with Crippen molar-refractivity contribution >= 4 is 16.5 Å². The van der Waals surface area contributed by atoms with Crippen LogP contribution in [0.25, 0.3) is 44.2 Å². The molecule has 0 radical (unpaired) electrons. The van der Waals surface area contributed by atoms with Crippen LogP contribution in [0.15, 0.2) is 103 Å². The second-order valence-corrected chi connectivity index (χ2v) is 7.99. The van der Waals surface area contributed by atoms with E-state index in [1.807, 2.05) is 0 Å². The molecule has 0 saturated carbocycles. The lowest BCUT2D eigenvalue weighted by Crippen LogP contribution is -1.95. The fourth-order valence-corrected chi connectivity index (χ4v) is 4.86. The van der Waals surface area contributed by atoms with Crippen molar-refractivity contribution in [2.75, 3.05) is 5.73 Å². The topological polar surface area (TPSA) is 26.0 Å². The summed E-state index contributed by atoms with van der Waals surface area (Å²) in [5, 5.41) is 2.55. The molecule has 1 aliphatic rings. The minimum Gasteiger partial charge on any atom is -0.398 e. The van der Waals surface area contributed by atoms with Gasteiger partial charge in [-0.15, -0.1) is 0 Å². The fraction of sp³-hybridized carbons (Fsp3) is 0.0345. The van der Waals surface area contributed by atoms with Crippen molar-refractivity contribution in [2.24, 2.45) is 0 Å². The van der Waals surface area contributed by atoms with E-state index in [1.165, 1.54) is 55.3 Å². The van der Waals surface area contributed by atoms with Gasteiger partial charge in [0.25, 0.3) is 0 Å². The molecule has 0 heterocycles. The van der Waals surface area contributed by atoms with Gasteiger partial charge in [-0.25, -0.2) is 0 Å². The predicted octanol–water partition coefficient (Wildman–Crippen LogP) is 7.33. The van der Waals surface area contributed by atoms with Gasteiger partial charge < -0.3 is 5.73 Å². The lowest BCUT2D eigenvalue weighted by atomic mass is 9.92. The van der Waals surface area contributed by atoms with Gasteiger partial charge in [-0.2, -0.15) is 0 Å². The Balaban J connectivity index is 1.47. The van der Waals surface area contributed by atoms with Crippen molar-refractivity contribution in [3.63, 3.8) is 0 Å². The van der Waals surface area contributed by atoms with Crippen LogP contribution in [0.5, 0.6) is 0 Å². The fourth-order valence-electron chi connectivity index (χ4n) is 4.86. The number of hydrogen-bond donors (Lipinski definition) is 1. The third kappa shape index (κ3) is 2.56. The molecule has 1 heteroatoms. The second-order valence-electron chi connectivity index (χ2n) is 7.99. The van der Waals surface area contributed by atoms with E-state index in [1.54, 1.807) is 0 Å². The summed E-state index contributed by atoms with van der Waals surface area (Å²) in [6.45, 7) is 0. The molecule has 0 unspecified atom stereocenters. The van der Waals surface area contributed by atoms with Gasteiger partial charge in [-0.05, 0) is 62.2 Å². The zero-order valence-electron chi connectivity index (χ0n) is 16.6. The van der Waals surface area contributed by atoms with Gasteiger partial charge in [0, 0.05) is 11.3 Å². The second kappa shape index (κ2) is 6.60. The first-order valence-electron chi connectivity index (χ1n) is 10.4. The molecule has 5 aromatic carbocycles. The molecule has 0 aromatic heterocycles. The quantitative estimate of drug-likeness (QED) is 0.311. The summed E-state index contributed by atoms with van der Waals surface area (Å²) in [5.74, 6) is 0. The van der Waals surface area contributed by atoms with Crippen LogP contribution in [0.1, 0.15) is 11.1 Å². The Kier molecular flexibility index (Phi) is 3.75. The number of nitrogens with two attached hydrogens (primary N) is 1. The molecule has 0 saturated heterocycles. The molecule has 142 valence electrons. The van der Waals surface area contributed by atoms with E-state index in [4.69, 9.17) is 5.73 Å². The Bertz CT molecular complexity index is 1410. The van der Waals surface area contributed by atoms with E-state index in [9.17, 15) is 0 Å². The summed E-state index contributed by atoms with van der Waals surface area (Å²) in [6.07, 6.45) is 0.941. The molecule has 0 bridgehead atoms. The van der Waals surface area contributed by atoms with Gasteiger partial charge in [0.2, 0.25) is 0 Å². The van der Waals surface area contributed by atoms with E-state index >= 15 is 0 Å². The Morgan fingerprint density at radius 3 is 2.13 bits per heavy atom. The van der Waals surface area contributed by atoms with E-state index in [2.05, 4.69) is 103 Å². The van der Waals surface area contributed by atoms with Crippen molar-refractivity contribution in [3.8, 4) is 33.4 Å². The average Bonchev–Trinajstić information content (AvgIpc) is 3.17. The lowest BCUT2D eigenvalue weighted by molar-refractivity contribution is 1.26. The van der Waals surface area contributed by atoms with Crippen LogP contribution < -0.4 is 5.73 Å². The van der Waals surface area contributed by atoms with Crippen LogP contribution in [0.2, 0.25) is 0 Å². The Labute approximate surface area is 176 Å². The summed E-state index contributed by atoms with van der Waals surface area (Å²) in [6, 6.07) is 36.8. The molecular formula is C29H21N. The van der Waals surface area contributed by atoms with Crippen LogP contribution in [0, 0.1) is 0 Å². The van der Waals surface area contributed by atoms with Gasteiger partial charge in [-0.1, -0.05) is 97.1 Å². The van der Waals surface area contributed by atoms with E-state index < -0.39 is 0 Å². The third-order valence-electron chi connectivity index (χ3n) is 6.29. The van der Waals surface area contributed by atoms with Crippen LogP contribution in [0.3, 0.4) is 0 Å². The van der Waals surface area contributed by atoms with E-state index in [-0.39, 0.29) is 0 Å². The van der Waals surface area contributed by atoms with Gasteiger partial charge in [0.05, 0.1) is 0 Å². The van der Waals surface area contributed by atoms with Gasteiger partial charge in [0.15, 0.2) is 0 Å². The smallest absolute Gasteiger partial charge is 0.0397 e. The maximum Gasteiger partial charge on any atom is 0.0397 e. The molecule has 1 nitrogen and oxygen atoms in total. The molecule has 0 fully saturated rings. The van der Waals surface area contributed by atoms with Crippen LogP contribution in [-0.4, -0.2) is 0 Å². The zero-order chi connectivity index (χ0) is 20.1. The molecule has 1 aliphatic carbocycles. The molecule has 0 spiro atoms. The number of nitrogen functional groups attached to an aromatic ring is 1. The van der Waals surface area contributed by atoms with Gasteiger partial charge in [0.1, 0.15) is 0 Å². The van der Waals surface area contributed by atoms with Crippen LogP contribution >= 0.6 is 0 Å². The number of anilines is 1. The standard InChI is InChI=1S/C29H21N/c30-28-17-16-26-25-10-4-2-7-22(25)18-27(26)29(28)21-14-12-20(13-15-21)24-11-5-8-19-6-1-3-9-23(19)24/h1-17H,18,30H2. The van der Waals surface area contributed by atoms with E-state index in [0.717, 1.165) is 12.1 Å². The summed E-state index contributed by atoms with van der Waals surface area (Å²) < 4.78 is 0. The average molecular weight is 383 g/mol. The monoisotopic (exact) mass is 383 g/mol. The Hall–Kier alpha value is -3.84. The molecular weight excluding hydrogens is 362 g/mol. The Morgan fingerprint density at radius 1 is 0.533 bits per heavy atom. The molecule has 0 atom stereocenters. The van der Waals surface area contributed by atoms with Gasteiger partial charge in [-0.3, -0.25) is 0 Å². The molecule has 30 heavy (non-hydrogen) atoms. The molecule has 6 rings (SSSR count). The maximum atomic E-state index is 6.48. The zero-order valence-corrected chi connectivity index (χ0v) is 16.6. The number of rotatable bonds is 2. The van der Waals surface area contributed by atoms with Gasteiger partial charge >= 0.3 is 0 Å². The van der Waals surface area contributed by atoms with Crippen molar-refractivity contribution in [3.05, 3.63) is 114 Å². The highest BCUT2D eigenvalue weighted by atomic mass is 14.6. The lowest BCUT2D eigenvalue weighted by Gasteiger charge is -2.14. The summed E-state index contributed by atoms with van der Waals surface area (Å²) in [7, 11) is 0. The third-order valence-corrected chi connectivity index (χ3v) is 6.29. The highest BCUT2D eigenvalue weighted by Crippen LogP contribution is 2.44. The highest BCUT2D eigenvalue weighted by Gasteiger charge is 2.22. The minimum absolute atomic E-state index is 0.847. The van der Waals surface area contributed by atoms with Crippen LogP contribution in [0.4, 0.5) is 5.69 Å². The predicted molar refractivity (Wildman–Crippen MR) is 127 cm³/mol. The summed E-state index contributed by atoms with van der Waals surface area (Å²) >= 11 is 0. The maximum absolute atomic E-state index is 6.48. The largest absolute Gasteiger partial charge is 0.398 e. The molecule has 2 N–H and O–H groups in total. The highest BCUT2D eigenvalue weighted by molar-refractivity contribution is 5.97. The first-order valence-corrected chi connectivity index (χ1v) is 10.4. The first kappa shape index (κ1) is 17.1. The summed E-state index contributed by atoms with van der Waals surface area (Å²) in [4.78, 5) is 0. The number of fused-ring (bicyclic) bond motifs is 4. The summed E-state index contributed by atoms with van der Waals surface area (Å²) in [5.41, 5.74) is 17.5. The number of benzene rings is 5.